The van der Waals surface area contributed by atoms with E-state index in [9.17, 15) is 0 Å². The zero-order valence-corrected chi connectivity index (χ0v) is 8.64. The first-order valence-electron chi connectivity index (χ1n) is 5.58. The molecular formula is C12H20O. The van der Waals surface area contributed by atoms with Crippen LogP contribution in [0.15, 0.2) is 12.2 Å². The zero-order chi connectivity index (χ0) is 9.31. The van der Waals surface area contributed by atoms with Crippen molar-refractivity contribution >= 4 is 0 Å². The second kappa shape index (κ2) is 3.45. The van der Waals surface area contributed by atoms with Gasteiger partial charge < -0.3 is 4.74 Å². The fourth-order valence-electron chi connectivity index (χ4n) is 2.79. The summed E-state index contributed by atoms with van der Waals surface area (Å²) in [6, 6.07) is 0. The van der Waals surface area contributed by atoms with Crippen molar-refractivity contribution in [3.8, 4) is 0 Å². The molecule has 0 aromatic rings. The van der Waals surface area contributed by atoms with Gasteiger partial charge >= 0.3 is 0 Å². The molecule has 2 rings (SSSR count). The fraction of sp³-hybridized carbons (Fsp3) is 0.833. The minimum atomic E-state index is 0.218. The first-order chi connectivity index (χ1) is 6.24. The van der Waals surface area contributed by atoms with Crippen molar-refractivity contribution in [2.75, 3.05) is 0 Å². The van der Waals surface area contributed by atoms with E-state index in [-0.39, 0.29) is 5.60 Å². The molecule has 2 saturated heterocycles. The van der Waals surface area contributed by atoms with Crippen molar-refractivity contribution in [1.29, 1.82) is 0 Å². The molecule has 13 heavy (non-hydrogen) atoms. The van der Waals surface area contributed by atoms with Gasteiger partial charge in [-0.2, -0.15) is 0 Å². The van der Waals surface area contributed by atoms with Gasteiger partial charge in [0, 0.05) is 0 Å². The summed E-state index contributed by atoms with van der Waals surface area (Å²) in [5.74, 6) is 0. The van der Waals surface area contributed by atoms with Crippen molar-refractivity contribution in [3.63, 3.8) is 0 Å². The highest BCUT2D eigenvalue weighted by Crippen LogP contribution is 2.45. The SMILES string of the molecule is C=C1CC2CCC(CCCC)(C1)O2. The summed E-state index contributed by atoms with van der Waals surface area (Å²) in [7, 11) is 0. The Hall–Kier alpha value is -0.300. The van der Waals surface area contributed by atoms with Gasteiger partial charge in [0.05, 0.1) is 11.7 Å². The Morgan fingerprint density at radius 3 is 3.23 bits per heavy atom. The molecule has 0 aromatic heterocycles. The molecule has 2 fully saturated rings. The first-order valence-corrected chi connectivity index (χ1v) is 5.58. The Labute approximate surface area is 81.2 Å². The van der Waals surface area contributed by atoms with Crippen molar-refractivity contribution < 1.29 is 4.74 Å². The van der Waals surface area contributed by atoms with E-state index in [1.165, 1.54) is 37.7 Å². The summed E-state index contributed by atoms with van der Waals surface area (Å²) in [6.45, 7) is 6.38. The number of rotatable bonds is 3. The molecule has 74 valence electrons. The number of ether oxygens (including phenoxy) is 1. The van der Waals surface area contributed by atoms with Gasteiger partial charge in [-0.1, -0.05) is 31.9 Å². The maximum Gasteiger partial charge on any atom is 0.0724 e. The van der Waals surface area contributed by atoms with Crippen LogP contribution >= 0.6 is 0 Å². The van der Waals surface area contributed by atoms with E-state index in [0.29, 0.717) is 6.10 Å². The highest BCUT2D eigenvalue weighted by atomic mass is 16.5. The average Bonchev–Trinajstić information content (AvgIpc) is 2.40. The molecule has 0 aromatic carbocycles. The van der Waals surface area contributed by atoms with Gasteiger partial charge in [0.1, 0.15) is 0 Å². The Balaban J connectivity index is 2.00. The van der Waals surface area contributed by atoms with Gasteiger partial charge in [0.2, 0.25) is 0 Å². The normalized spacial score (nSPS) is 38.2. The largest absolute Gasteiger partial charge is 0.371 e. The number of fused-ring (bicyclic) bond motifs is 2. The molecule has 2 heterocycles. The lowest BCUT2D eigenvalue weighted by atomic mass is 9.87. The van der Waals surface area contributed by atoms with E-state index in [1.54, 1.807) is 0 Å². The van der Waals surface area contributed by atoms with Crippen LogP contribution in [0, 0.1) is 0 Å². The van der Waals surface area contributed by atoms with Crippen molar-refractivity contribution in [2.24, 2.45) is 0 Å². The molecule has 2 atom stereocenters. The van der Waals surface area contributed by atoms with Crippen LogP contribution in [0.4, 0.5) is 0 Å². The summed E-state index contributed by atoms with van der Waals surface area (Å²) >= 11 is 0. The van der Waals surface area contributed by atoms with E-state index < -0.39 is 0 Å². The molecule has 2 unspecified atom stereocenters. The third-order valence-electron chi connectivity index (χ3n) is 3.41. The molecular weight excluding hydrogens is 160 g/mol. The van der Waals surface area contributed by atoms with Gasteiger partial charge in [-0.25, -0.2) is 0 Å². The van der Waals surface area contributed by atoms with Crippen molar-refractivity contribution in [2.45, 2.75) is 63.6 Å². The second-order valence-corrected chi connectivity index (χ2v) is 4.70. The monoisotopic (exact) mass is 180 g/mol. The van der Waals surface area contributed by atoms with Gasteiger partial charge in [-0.15, -0.1) is 0 Å². The van der Waals surface area contributed by atoms with Gasteiger partial charge in [0.25, 0.3) is 0 Å². The Bertz CT molecular complexity index is 209. The molecule has 0 N–H and O–H groups in total. The fourth-order valence-corrected chi connectivity index (χ4v) is 2.79. The minimum Gasteiger partial charge on any atom is -0.371 e. The van der Waals surface area contributed by atoms with Crippen LogP contribution in [0.1, 0.15) is 51.9 Å². The van der Waals surface area contributed by atoms with Crippen LogP contribution in [0.3, 0.4) is 0 Å². The van der Waals surface area contributed by atoms with Crippen LogP contribution in [-0.4, -0.2) is 11.7 Å². The van der Waals surface area contributed by atoms with Gasteiger partial charge in [-0.3, -0.25) is 0 Å². The van der Waals surface area contributed by atoms with E-state index in [0.717, 1.165) is 12.8 Å². The van der Waals surface area contributed by atoms with Gasteiger partial charge in [0.15, 0.2) is 0 Å². The van der Waals surface area contributed by atoms with Crippen LogP contribution in [-0.2, 0) is 4.74 Å². The van der Waals surface area contributed by atoms with Crippen molar-refractivity contribution in [1.82, 2.24) is 0 Å². The van der Waals surface area contributed by atoms with Crippen LogP contribution in [0.5, 0.6) is 0 Å². The molecule has 0 saturated carbocycles. The topological polar surface area (TPSA) is 9.23 Å². The highest BCUT2D eigenvalue weighted by Gasteiger charge is 2.43. The molecule has 0 radical (unpaired) electrons. The number of hydrogen-bond donors (Lipinski definition) is 0. The maximum absolute atomic E-state index is 6.10. The highest BCUT2D eigenvalue weighted by molar-refractivity contribution is 5.11. The van der Waals surface area contributed by atoms with Crippen LogP contribution in [0.2, 0.25) is 0 Å². The third kappa shape index (κ3) is 1.80. The van der Waals surface area contributed by atoms with Crippen LogP contribution in [0.25, 0.3) is 0 Å². The van der Waals surface area contributed by atoms with Crippen LogP contribution < -0.4 is 0 Å². The van der Waals surface area contributed by atoms with E-state index in [1.807, 2.05) is 0 Å². The van der Waals surface area contributed by atoms with E-state index >= 15 is 0 Å². The quantitative estimate of drug-likeness (QED) is 0.604. The lowest BCUT2D eigenvalue weighted by Gasteiger charge is -2.34. The Morgan fingerprint density at radius 1 is 1.62 bits per heavy atom. The molecule has 2 aliphatic heterocycles. The summed E-state index contributed by atoms with van der Waals surface area (Å²) in [5, 5.41) is 0. The minimum absolute atomic E-state index is 0.218. The molecule has 0 amide bonds. The van der Waals surface area contributed by atoms with Gasteiger partial charge in [-0.05, 0) is 32.1 Å². The average molecular weight is 180 g/mol. The van der Waals surface area contributed by atoms with Crippen molar-refractivity contribution in [3.05, 3.63) is 12.2 Å². The molecule has 2 bridgehead atoms. The molecule has 0 spiro atoms. The maximum atomic E-state index is 6.10. The standard InChI is InChI=1S/C12H20O/c1-3-4-6-12-7-5-11(13-12)8-10(2)9-12/h11H,2-9H2,1H3. The summed E-state index contributed by atoms with van der Waals surface area (Å²) in [5.41, 5.74) is 1.64. The third-order valence-corrected chi connectivity index (χ3v) is 3.41. The zero-order valence-electron chi connectivity index (χ0n) is 8.64. The Kier molecular flexibility index (Phi) is 2.46. The molecule has 1 heteroatoms. The predicted octanol–water partition coefficient (Wildman–Crippen LogP) is 3.44. The predicted molar refractivity (Wildman–Crippen MR) is 54.7 cm³/mol. The summed E-state index contributed by atoms with van der Waals surface area (Å²) in [6.07, 6.45) is 9.14. The number of unbranched alkanes of at least 4 members (excludes halogenated alkanes) is 1. The second-order valence-electron chi connectivity index (χ2n) is 4.70. The Morgan fingerprint density at radius 2 is 2.46 bits per heavy atom. The molecule has 0 aliphatic carbocycles. The number of hydrogen-bond acceptors (Lipinski definition) is 1. The van der Waals surface area contributed by atoms with E-state index in [2.05, 4.69) is 13.5 Å². The first kappa shape index (κ1) is 9.26. The molecule has 2 aliphatic rings. The lowest BCUT2D eigenvalue weighted by Crippen LogP contribution is -2.33. The summed E-state index contributed by atoms with van der Waals surface area (Å²) < 4.78 is 6.10. The summed E-state index contributed by atoms with van der Waals surface area (Å²) in [4.78, 5) is 0. The molecule has 1 nitrogen and oxygen atoms in total. The van der Waals surface area contributed by atoms with E-state index in [4.69, 9.17) is 4.74 Å². The smallest absolute Gasteiger partial charge is 0.0724 e. The lowest BCUT2D eigenvalue weighted by molar-refractivity contribution is -0.0646.